The van der Waals surface area contributed by atoms with Crippen molar-refractivity contribution in [3.8, 4) is 11.5 Å². The van der Waals surface area contributed by atoms with E-state index < -0.39 is 0 Å². The van der Waals surface area contributed by atoms with E-state index in [9.17, 15) is 4.79 Å². The third-order valence-corrected chi connectivity index (χ3v) is 4.44. The second-order valence-electron chi connectivity index (χ2n) is 5.76. The summed E-state index contributed by atoms with van der Waals surface area (Å²) < 4.78 is 16.5. The number of benzene rings is 1. The molecule has 0 spiro atoms. The molecular weight excluding hydrogens is 308 g/mol. The first-order valence-electron chi connectivity index (χ1n) is 8.49. The summed E-state index contributed by atoms with van der Waals surface area (Å²) in [7, 11) is 3.36. The summed E-state index contributed by atoms with van der Waals surface area (Å²) in [6, 6.07) is 1.88. The zero-order valence-electron chi connectivity index (χ0n) is 15.3. The minimum absolute atomic E-state index is 0.121. The second-order valence-corrected chi connectivity index (χ2v) is 5.76. The molecule has 1 unspecified atom stereocenters. The molecule has 1 aromatic carbocycles. The van der Waals surface area contributed by atoms with Crippen molar-refractivity contribution in [1.29, 1.82) is 0 Å². The summed E-state index contributed by atoms with van der Waals surface area (Å²) in [4.78, 5) is 14.0. The predicted octanol–water partition coefficient (Wildman–Crippen LogP) is 2.89. The van der Waals surface area contributed by atoms with Crippen LogP contribution in [-0.2, 0) is 17.7 Å². The number of nitrogens with one attached hydrogen (secondary N) is 1. The average molecular weight is 336 g/mol. The molecule has 1 aromatic rings. The van der Waals surface area contributed by atoms with Gasteiger partial charge in [-0.2, -0.15) is 0 Å². The van der Waals surface area contributed by atoms with Crippen molar-refractivity contribution < 1.29 is 19.0 Å². The van der Waals surface area contributed by atoms with E-state index in [1.165, 1.54) is 0 Å². The number of hydrogen-bond acceptors (Lipinski definition) is 5. The average Bonchev–Trinajstić information content (AvgIpc) is 2.59. The molecule has 2 rings (SSSR count). The van der Waals surface area contributed by atoms with Gasteiger partial charge in [0.15, 0.2) is 0 Å². The maximum absolute atomic E-state index is 12.2. The largest absolute Gasteiger partial charge is 0.496 e. The van der Waals surface area contributed by atoms with Gasteiger partial charge in [-0.3, -0.25) is 0 Å². The Morgan fingerprint density at radius 3 is 2.67 bits per heavy atom. The van der Waals surface area contributed by atoms with Gasteiger partial charge < -0.3 is 24.4 Å². The number of carbonyl (C=O) groups is 1. The topological polar surface area (TPSA) is 60.0 Å². The summed E-state index contributed by atoms with van der Waals surface area (Å²) in [6.07, 6.45) is 0.436. The van der Waals surface area contributed by atoms with Crippen LogP contribution in [0.2, 0.25) is 0 Å². The molecule has 1 N–H and O–H groups in total. The monoisotopic (exact) mass is 336 g/mol. The van der Waals surface area contributed by atoms with Gasteiger partial charge in [-0.25, -0.2) is 4.79 Å². The predicted molar refractivity (Wildman–Crippen MR) is 92.8 cm³/mol. The van der Waals surface area contributed by atoms with Gasteiger partial charge in [-0.1, -0.05) is 6.92 Å². The number of nitrogens with zero attached hydrogens (tertiary/aromatic N) is 1. The van der Waals surface area contributed by atoms with Crippen molar-refractivity contribution in [2.75, 3.05) is 33.9 Å². The van der Waals surface area contributed by atoms with Crippen molar-refractivity contribution in [3.63, 3.8) is 0 Å². The van der Waals surface area contributed by atoms with Crippen LogP contribution in [0.4, 0.5) is 4.79 Å². The van der Waals surface area contributed by atoms with E-state index in [-0.39, 0.29) is 12.1 Å². The first-order chi connectivity index (χ1) is 11.6. The summed E-state index contributed by atoms with van der Waals surface area (Å²) in [6.45, 7) is 8.47. The molecule has 0 saturated carbocycles. The van der Waals surface area contributed by atoms with Gasteiger partial charge in [-0.05, 0) is 32.9 Å². The van der Waals surface area contributed by atoms with Gasteiger partial charge in [0.05, 0.1) is 26.9 Å². The van der Waals surface area contributed by atoms with Crippen molar-refractivity contribution in [3.05, 3.63) is 22.8 Å². The minimum atomic E-state index is -0.284. The molecule has 134 valence electrons. The number of fused-ring (bicyclic) bond motifs is 1. The lowest BCUT2D eigenvalue weighted by Gasteiger charge is -2.36. The highest BCUT2D eigenvalue weighted by Crippen LogP contribution is 2.43. The van der Waals surface area contributed by atoms with Crippen LogP contribution in [0.15, 0.2) is 6.07 Å². The molecule has 1 amide bonds. The van der Waals surface area contributed by atoms with E-state index in [1.807, 2.05) is 19.9 Å². The molecule has 1 heterocycles. The van der Waals surface area contributed by atoms with E-state index in [0.29, 0.717) is 13.2 Å². The van der Waals surface area contributed by atoms with Gasteiger partial charge >= 0.3 is 6.09 Å². The molecule has 6 heteroatoms. The summed E-state index contributed by atoms with van der Waals surface area (Å²) in [5.74, 6) is 1.68. The first kappa shape index (κ1) is 18.4. The van der Waals surface area contributed by atoms with Crippen LogP contribution in [-0.4, -0.2) is 44.9 Å². The van der Waals surface area contributed by atoms with Crippen LogP contribution in [0.1, 0.15) is 43.5 Å². The van der Waals surface area contributed by atoms with Crippen LogP contribution in [0, 0.1) is 0 Å². The maximum Gasteiger partial charge on any atom is 0.410 e. The number of carbonyl (C=O) groups excluding carboxylic acids is 1. The molecule has 0 aromatic heterocycles. The number of methoxy groups -OCH3 is 2. The molecule has 0 radical (unpaired) electrons. The van der Waals surface area contributed by atoms with E-state index >= 15 is 0 Å². The Morgan fingerprint density at radius 2 is 2.08 bits per heavy atom. The van der Waals surface area contributed by atoms with Crippen LogP contribution in [0.5, 0.6) is 11.5 Å². The fourth-order valence-electron chi connectivity index (χ4n) is 3.32. The molecule has 6 nitrogen and oxygen atoms in total. The number of ether oxygens (including phenoxy) is 3. The lowest BCUT2D eigenvalue weighted by atomic mass is 9.89. The molecule has 1 atom stereocenters. The van der Waals surface area contributed by atoms with Crippen LogP contribution in [0.25, 0.3) is 0 Å². The number of amides is 1. The van der Waals surface area contributed by atoms with Crippen molar-refractivity contribution >= 4 is 6.09 Å². The van der Waals surface area contributed by atoms with Crippen LogP contribution >= 0.6 is 0 Å². The normalized spacial score (nSPS) is 16.5. The number of rotatable bonds is 6. The Morgan fingerprint density at radius 1 is 1.33 bits per heavy atom. The smallest absolute Gasteiger partial charge is 0.410 e. The second kappa shape index (κ2) is 8.24. The molecule has 24 heavy (non-hydrogen) atoms. The third kappa shape index (κ3) is 3.43. The lowest BCUT2D eigenvalue weighted by Crippen LogP contribution is -2.39. The molecule has 0 aliphatic carbocycles. The Labute approximate surface area is 144 Å². The Balaban J connectivity index is 2.47. The minimum Gasteiger partial charge on any atom is -0.496 e. The van der Waals surface area contributed by atoms with Crippen molar-refractivity contribution in [2.24, 2.45) is 0 Å². The molecule has 0 fully saturated rings. The lowest BCUT2D eigenvalue weighted by molar-refractivity contribution is 0.0892. The highest BCUT2D eigenvalue weighted by Gasteiger charge is 2.34. The van der Waals surface area contributed by atoms with Crippen molar-refractivity contribution in [1.82, 2.24) is 10.2 Å². The fraction of sp³-hybridized carbons (Fsp3) is 0.611. The summed E-state index contributed by atoms with van der Waals surface area (Å²) in [5, 5.41) is 3.33. The van der Waals surface area contributed by atoms with E-state index in [4.69, 9.17) is 14.2 Å². The van der Waals surface area contributed by atoms with Crippen molar-refractivity contribution in [2.45, 2.75) is 39.8 Å². The van der Waals surface area contributed by atoms with Gasteiger partial charge in [0.25, 0.3) is 0 Å². The Kier molecular flexibility index (Phi) is 6.31. The number of hydrogen-bond donors (Lipinski definition) is 1. The van der Waals surface area contributed by atoms with Gasteiger partial charge in [-0.15, -0.1) is 0 Å². The SMILES string of the molecule is CCNCc1cc(OC)c2c(c1OC)CCN(C(=O)OCC)C2C. The third-order valence-electron chi connectivity index (χ3n) is 4.44. The molecule has 0 bridgehead atoms. The van der Waals surface area contributed by atoms with Gasteiger partial charge in [0.2, 0.25) is 0 Å². The Hall–Kier alpha value is -1.95. The van der Waals surface area contributed by atoms with Crippen LogP contribution in [0.3, 0.4) is 0 Å². The van der Waals surface area contributed by atoms with Gasteiger partial charge in [0.1, 0.15) is 11.5 Å². The fourth-order valence-corrected chi connectivity index (χ4v) is 3.32. The zero-order valence-corrected chi connectivity index (χ0v) is 15.3. The molecule has 1 aliphatic rings. The maximum atomic E-state index is 12.2. The standard InChI is InChI=1S/C18H28N2O4/c1-6-19-11-13-10-15(22-4)16-12(3)20(18(21)24-7-2)9-8-14(16)17(13)23-5/h10,12,19H,6-9,11H2,1-5H3. The summed E-state index contributed by atoms with van der Waals surface area (Å²) >= 11 is 0. The molecular formula is C18H28N2O4. The highest BCUT2D eigenvalue weighted by molar-refractivity contribution is 5.70. The van der Waals surface area contributed by atoms with E-state index in [0.717, 1.165) is 47.7 Å². The first-order valence-corrected chi connectivity index (χ1v) is 8.49. The van der Waals surface area contributed by atoms with E-state index in [1.54, 1.807) is 19.1 Å². The van der Waals surface area contributed by atoms with Gasteiger partial charge in [0, 0.05) is 29.8 Å². The van der Waals surface area contributed by atoms with E-state index in [2.05, 4.69) is 12.2 Å². The molecule has 1 aliphatic heterocycles. The van der Waals surface area contributed by atoms with Crippen LogP contribution < -0.4 is 14.8 Å². The summed E-state index contributed by atoms with van der Waals surface area (Å²) in [5.41, 5.74) is 3.21. The zero-order chi connectivity index (χ0) is 17.7. The molecule has 0 saturated heterocycles. The Bertz CT molecular complexity index is 589. The highest BCUT2D eigenvalue weighted by atomic mass is 16.6. The quantitative estimate of drug-likeness (QED) is 0.865.